The highest BCUT2D eigenvalue weighted by atomic mass is 16.5. The second-order valence-electron chi connectivity index (χ2n) is 6.09. The molecular weight excluding hydrogens is 376 g/mol. The summed E-state index contributed by atoms with van der Waals surface area (Å²) in [4.78, 5) is 27.9. The number of hydrogen-bond acceptors (Lipinski definition) is 7. The van der Waals surface area contributed by atoms with E-state index < -0.39 is 11.9 Å². The number of esters is 1. The highest BCUT2D eigenvalue weighted by molar-refractivity contribution is 5.80. The van der Waals surface area contributed by atoms with E-state index in [1.165, 1.54) is 0 Å². The predicted octanol–water partition coefficient (Wildman–Crippen LogP) is 2.51. The number of aromatic nitrogens is 1. The SMILES string of the molecule is COc1ccccc1OCCNC(=O)COC(=O)CCc1nc2ccccc2o1. The lowest BCUT2D eigenvalue weighted by Crippen LogP contribution is -2.32. The Morgan fingerprint density at radius 2 is 1.83 bits per heavy atom. The zero-order chi connectivity index (χ0) is 20.5. The Hall–Kier alpha value is -3.55. The number of fused-ring (bicyclic) bond motifs is 1. The number of amides is 1. The Morgan fingerprint density at radius 3 is 2.62 bits per heavy atom. The molecule has 3 rings (SSSR count). The minimum atomic E-state index is -0.493. The molecule has 1 heterocycles. The summed E-state index contributed by atoms with van der Waals surface area (Å²) in [7, 11) is 1.56. The van der Waals surface area contributed by atoms with Gasteiger partial charge in [-0.2, -0.15) is 0 Å². The lowest BCUT2D eigenvalue weighted by atomic mass is 10.3. The Balaban J connectivity index is 1.31. The number of benzene rings is 2. The van der Waals surface area contributed by atoms with E-state index in [-0.39, 0.29) is 26.2 Å². The number of carbonyl (C=O) groups excluding carboxylic acids is 2. The Morgan fingerprint density at radius 1 is 1.07 bits per heavy atom. The lowest BCUT2D eigenvalue weighted by Gasteiger charge is -2.11. The molecule has 0 aliphatic heterocycles. The Kier molecular flexibility index (Phi) is 7.05. The summed E-state index contributed by atoms with van der Waals surface area (Å²) < 4.78 is 21.2. The number of para-hydroxylation sites is 4. The molecule has 0 aliphatic rings. The van der Waals surface area contributed by atoms with Gasteiger partial charge in [0.15, 0.2) is 29.6 Å². The first-order valence-corrected chi connectivity index (χ1v) is 9.18. The number of nitrogens with zero attached hydrogens (tertiary/aromatic N) is 1. The maximum Gasteiger partial charge on any atom is 0.306 e. The zero-order valence-electron chi connectivity index (χ0n) is 16.1. The minimum absolute atomic E-state index is 0.0804. The van der Waals surface area contributed by atoms with Crippen molar-refractivity contribution >= 4 is 23.0 Å². The normalized spacial score (nSPS) is 10.5. The molecule has 29 heavy (non-hydrogen) atoms. The van der Waals surface area contributed by atoms with Crippen LogP contribution in [0.4, 0.5) is 0 Å². The fourth-order valence-corrected chi connectivity index (χ4v) is 2.59. The molecular formula is C21H22N2O6. The van der Waals surface area contributed by atoms with E-state index in [0.29, 0.717) is 29.4 Å². The summed E-state index contributed by atoms with van der Waals surface area (Å²) in [5.74, 6) is 0.777. The van der Waals surface area contributed by atoms with Crippen LogP contribution in [0, 0.1) is 0 Å². The fraction of sp³-hybridized carbons (Fsp3) is 0.286. The molecule has 1 aromatic heterocycles. The maximum atomic E-state index is 11.8. The van der Waals surface area contributed by atoms with Gasteiger partial charge in [0, 0.05) is 6.42 Å². The van der Waals surface area contributed by atoms with Gasteiger partial charge in [0.2, 0.25) is 0 Å². The third-order valence-electron chi connectivity index (χ3n) is 4.00. The van der Waals surface area contributed by atoms with Crippen molar-refractivity contribution < 1.29 is 28.2 Å². The molecule has 0 aliphatic carbocycles. The summed E-state index contributed by atoms with van der Waals surface area (Å²) >= 11 is 0. The van der Waals surface area contributed by atoms with Crippen LogP contribution in [0.1, 0.15) is 12.3 Å². The van der Waals surface area contributed by atoms with E-state index in [4.69, 9.17) is 18.6 Å². The molecule has 0 spiro atoms. The number of aryl methyl sites for hydroxylation is 1. The molecule has 1 amide bonds. The van der Waals surface area contributed by atoms with Crippen molar-refractivity contribution in [3.05, 3.63) is 54.4 Å². The molecule has 0 atom stereocenters. The molecule has 0 radical (unpaired) electrons. The van der Waals surface area contributed by atoms with Gasteiger partial charge in [0.25, 0.3) is 5.91 Å². The van der Waals surface area contributed by atoms with Crippen molar-refractivity contribution in [2.45, 2.75) is 12.8 Å². The summed E-state index contributed by atoms with van der Waals surface area (Å²) in [5.41, 5.74) is 1.41. The molecule has 1 N–H and O–H groups in total. The first-order chi connectivity index (χ1) is 14.2. The monoisotopic (exact) mass is 398 g/mol. The molecule has 0 saturated heterocycles. The predicted molar refractivity (Wildman–Crippen MR) is 105 cm³/mol. The van der Waals surface area contributed by atoms with Crippen molar-refractivity contribution in [3.8, 4) is 11.5 Å². The molecule has 0 fully saturated rings. The third-order valence-corrected chi connectivity index (χ3v) is 4.00. The van der Waals surface area contributed by atoms with Gasteiger partial charge in [-0.3, -0.25) is 9.59 Å². The van der Waals surface area contributed by atoms with Gasteiger partial charge in [0.1, 0.15) is 12.1 Å². The molecule has 3 aromatic rings. The van der Waals surface area contributed by atoms with Gasteiger partial charge in [-0.05, 0) is 24.3 Å². The van der Waals surface area contributed by atoms with Crippen LogP contribution in [0.3, 0.4) is 0 Å². The van der Waals surface area contributed by atoms with Crippen LogP contribution < -0.4 is 14.8 Å². The van der Waals surface area contributed by atoms with Crippen LogP contribution >= 0.6 is 0 Å². The maximum absolute atomic E-state index is 11.8. The second kappa shape index (κ2) is 10.1. The Bertz CT molecular complexity index is 935. The number of hydrogen-bond donors (Lipinski definition) is 1. The van der Waals surface area contributed by atoms with Gasteiger partial charge in [-0.25, -0.2) is 4.98 Å². The summed E-state index contributed by atoms with van der Waals surface area (Å²) in [6.07, 6.45) is 0.388. The average molecular weight is 398 g/mol. The molecule has 2 aromatic carbocycles. The fourth-order valence-electron chi connectivity index (χ4n) is 2.59. The van der Waals surface area contributed by atoms with Crippen LogP contribution in [0.5, 0.6) is 11.5 Å². The molecule has 0 unspecified atom stereocenters. The van der Waals surface area contributed by atoms with E-state index in [2.05, 4.69) is 10.3 Å². The number of oxazole rings is 1. The number of ether oxygens (including phenoxy) is 3. The minimum Gasteiger partial charge on any atom is -0.493 e. The highest BCUT2D eigenvalue weighted by Crippen LogP contribution is 2.25. The van der Waals surface area contributed by atoms with E-state index in [1.54, 1.807) is 19.2 Å². The van der Waals surface area contributed by atoms with E-state index >= 15 is 0 Å². The van der Waals surface area contributed by atoms with E-state index in [1.807, 2.05) is 36.4 Å². The van der Waals surface area contributed by atoms with E-state index in [9.17, 15) is 9.59 Å². The number of carbonyl (C=O) groups is 2. The van der Waals surface area contributed by atoms with Crippen LogP contribution in [0.15, 0.2) is 52.9 Å². The molecule has 0 saturated carbocycles. The van der Waals surface area contributed by atoms with Gasteiger partial charge in [-0.1, -0.05) is 24.3 Å². The van der Waals surface area contributed by atoms with Crippen molar-refractivity contribution in [3.63, 3.8) is 0 Å². The summed E-state index contributed by atoms with van der Waals surface area (Å²) in [5, 5.41) is 2.62. The molecule has 152 valence electrons. The number of rotatable bonds is 10. The van der Waals surface area contributed by atoms with Gasteiger partial charge < -0.3 is 23.9 Å². The molecule has 8 nitrogen and oxygen atoms in total. The topological polar surface area (TPSA) is 99.9 Å². The summed E-state index contributed by atoms with van der Waals surface area (Å²) in [6.45, 7) is 0.191. The number of nitrogens with one attached hydrogen (secondary N) is 1. The standard InChI is InChI=1S/C21H22N2O6/c1-26-17-8-4-5-9-18(17)27-13-12-22-19(24)14-28-21(25)11-10-20-23-15-6-2-3-7-16(15)29-20/h2-9H,10-14H2,1H3,(H,22,24). The first-order valence-electron chi connectivity index (χ1n) is 9.18. The smallest absolute Gasteiger partial charge is 0.306 e. The average Bonchev–Trinajstić information content (AvgIpc) is 3.17. The Labute approximate surface area is 167 Å². The quantitative estimate of drug-likeness (QED) is 0.414. The number of methoxy groups -OCH3 is 1. The van der Waals surface area contributed by atoms with Crippen molar-refractivity contribution in [1.29, 1.82) is 0 Å². The van der Waals surface area contributed by atoms with Crippen molar-refractivity contribution in [2.75, 3.05) is 26.9 Å². The van der Waals surface area contributed by atoms with Gasteiger partial charge in [-0.15, -0.1) is 0 Å². The van der Waals surface area contributed by atoms with Crippen LogP contribution in [0.2, 0.25) is 0 Å². The molecule has 0 bridgehead atoms. The molecule has 8 heteroatoms. The van der Waals surface area contributed by atoms with Crippen LogP contribution in [0.25, 0.3) is 11.1 Å². The lowest BCUT2D eigenvalue weighted by molar-refractivity contribution is -0.148. The largest absolute Gasteiger partial charge is 0.493 e. The zero-order valence-corrected chi connectivity index (χ0v) is 16.1. The van der Waals surface area contributed by atoms with Crippen molar-refractivity contribution in [1.82, 2.24) is 10.3 Å². The van der Waals surface area contributed by atoms with Crippen molar-refractivity contribution in [2.24, 2.45) is 0 Å². The van der Waals surface area contributed by atoms with Gasteiger partial charge >= 0.3 is 5.97 Å². The first kappa shape index (κ1) is 20.2. The van der Waals surface area contributed by atoms with E-state index in [0.717, 1.165) is 5.52 Å². The van der Waals surface area contributed by atoms with Crippen LogP contribution in [-0.4, -0.2) is 43.7 Å². The highest BCUT2D eigenvalue weighted by Gasteiger charge is 2.11. The summed E-state index contributed by atoms with van der Waals surface area (Å²) in [6, 6.07) is 14.6. The van der Waals surface area contributed by atoms with Crippen LogP contribution in [-0.2, 0) is 20.7 Å². The third kappa shape index (κ3) is 5.97. The second-order valence-corrected chi connectivity index (χ2v) is 6.09. The van der Waals surface area contributed by atoms with Gasteiger partial charge in [0.05, 0.1) is 20.1 Å².